The summed E-state index contributed by atoms with van der Waals surface area (Å²) in [5, 5.41) is 4.64. The zero-order valence-corrected chi connectivity index (χ0v) is 11.9. The lowest BCUT2D eigenvalue weighted by Gasteiger charge is -2.07. The van der Waals surface area contributed by atoms with Crippen LogP contribution in [0.25, 0.3) is 16.9 Å². The molecule has 0 radical (unpaired) electrons. The second-order valence-corrected chi connectivity index (χ2v) is 5.32. The summed E-state index contributed by atoms with van der Waals surface area (Å²) in [6.45, 7) is 4.12. The summed E-state index contributed by atoms with van der Waals surface area (Å²) in [6, 6.07) is 8.16. The minimum absolute atomic E-state index is 0.270. The SMILES string of the molecule is CC(C)c1cnn2c(Cl)cc(-c3ccccc3F)nc12. The standard InChI is InChI=1S/C15H13ClFN3/c1-9(2)11-8-18-20-14(16)7-13(19-15(11)20)10-5-3-4-6-12(10)17/h3-9H,1-2H3. The molecule has 3 aromatic rings. The molecular formula is C15H13ClFN3. The molecule has 5 heteroatoms. The van der Waals surface area contributed by atoms with Crippen LogP contribution in [0.5, 0.6) is 0 Å². The number of fused-ring (bicyclic) bond motifs is 1. The van der Waals surface area contributed by atoms with Crippen LogP contribution in [0.2, 0.25) is 5.15 Å². The van der Waals surface area contributed by atoms with Crippen molar-refractivity contribution in [2.45, 2.75) is 19.8 Å². The predicted molar refractivity (Wildman–Crippen MR) is 77.5 cm³/mol. The summed E-state index contributed by atoms with van der Waals surface area (Å²) >= 11 is 6.22. The largest absolute Gasteiger partial charge is 0.228 e. The molecule has 0 unspecified atom stereocenters. The van der Waals surface area contributed by atoms with Crippen LogP contribution < -0.4 is 0 Å². The summed E-state index contributed by atoms with van der Waals surface area (Å²) < 4.78 is 15.5. The molecule has 0 amide bonds. The Morgan fingerprint density at radius 1 is 1.25 bits per heavy atom. The highest BCUT2D eigenvalue weighted by molar-refractivity contribution is 6.30. The van der Waals surface area contributed by atoms with E-state index in [-0.39, 0.29) is 11.7 Å². The lowest BCUT2D eigenvalue weighted by molar-refractivity contribution is 0.630. The van der Waals surface area contributed by atoms with Crippen LogP contribution >= 0.6 is 11.6 Å². The lowest BCUT2D eigenvalue weighted by Crippen LogP contribution is -1.97. The topological polar surface area (TPSA) is 30.2 Å². The molecule has 0 N–H and O–H groups in total. The number of aromatic nitrogens is 3. The molecule has 0 aliphatic heterocycles. The fourth-order valence-electron chi connectivity index (χ4n) is 2.16. The highest BCUT2D eigenvalue weighted by Gasteiger charge is 2.15. The quantitative estimate of drug-likeness (QED) is 0.658. The van der Waals surface area contributed by atoms with E-state index in [9.17, 15) is 4.39 Å². The van der Waals surface area contributed by atoms with Gasteiger partial charge in [-0.2, -0.15) is 5.10 Å². The first-order chi connectivity index (χ1) is 9.58. The Morgan fingerprint density at radius 3 is 2.70 bits per heavy atom. The molecule has 0 atom stereocenters. The molecule has 0 spiro atoms. The van der Waals surface area contributed by atoms with Crippen LogP contribution in [-0.4, -0.2) is 14.6 Å². The Labute approximate surface area is 121 Å². The highest BCUT2D eigenvalue weighted by Crippen LogP contribution is 2.27. The van der Waals surface area contributed by atoms with E-state index in [0.29, 0.717) is 22.1 Å². The third kappa shape index (κ3) is 2.06. The van der Waals surface area contributed by atoms with Gasteiger partial charge in [-0.25, -0.2) is 13.9 Å². The van der Waals surface area contributed by atoms with Gasteiger partial charge in [-0.3, -0.25) is 0 Å². The molecule has 2 aromatic heterocycles. The van der Waals surface area contributed by atoms with Gasteiger partial charge in [0.1, 0.15) is 11.0 Å². The van der Waals surface area contributed by atoms with E-state index >= 15 is 0 Å². The number of rotatable bonds is 2. The molecule has 2 heterocycles. The third-order valence-electron chi connectivity index (χ3n) is 3.23. The Kier molecular flexibility index (Phi) is 3.18. The van der Waals surface area contributed by atoms with Crippen molar-refractivity contribution >= 4 is 17.2 Å². The van der Waals surface area contributed by atoms with E-state index in [1.54, 1.807) is 35.0 Å². The van der Waals surface area contributed by atoms with Crippen molar-refractivity contribution in [1.82, 2.24) is 14.6 Å². The van der Waals surface area contributed by atoms with Crippen LogP contribution in [0.3, 0.4) is 0 Å². The van der Waals surface area contributed by atoms with Crippen molar-refractivity contribution in [1.29, 1.82) is 0 Å². The average Bonchev–Trinajstić information content (AvgIpc) is 2.83. The van der Waals surface area contributed by atoms with Crippen molar-refractivity contribution in [2.24, 2.45) is 0 Å². The van der Waals surface area contributed by atoms with Gasteiger partial charge in [0.2, 0.25) is 0 Å². The Morgan fingerprint density at radius 2 is 2.00 bits per heavy atom. The second kappa shape index (κ2) is 4.87. The second-order valence-electron chi connectivity index (χ2n) is 4.93. The molecule has 0 saturated carbocycles. The van der Waals surface area contributed by atoms with Crippen molar-refractivity contribution in [3.8, 4) is 11.3 Å². The zero-order chi connectivity index (χ0) is 14.3. The van der Waals surface area contributed by atoms with Gasteiger partial charge in [0.15, 0.2) is 5.65 Å². The Bertz CT molecular complexity index is 780. The smallest absolute Gasteiger partial charge is 0.160 e. The number of hydrogen-bond donors (Lipinski definition) is 0. The molecule has 0 aliphatic rings. The molecule has 0 saturated heterocycles. The van der Waals surface area contributed by atoms with Crippen molar-refractivity contribution < 1.29 is 4.39 Å². The summed E-state index contributed by atoms with van der Waals surface area (Å²) in [5.74, 6) is -0.0436. The molecular weight excluding hydrogens is 277 g/mol. The van der Waals surface area contributed by atoms with Gasteiger partial charge >= 0.3 is 0 Å². The van der Waals surface area contributed by atoms with E-state index in [1.807, 2.05) is 0 Å². The molecule has 0 fully saturated rings. The predicted octanol–water partition coefficient (Wildman–Crippen LogP) is 4.31. The van der Waals surface area contributed by atoms with Crippen LogP contribution in [-0.2, 0) is 0 Å². The Hall–Kier alpha value is -1.94. The molecule has 3 nitrogen and oxygen atoms in total. The van der Waals surface area contributed by atoms with Crippen molar-refractivity contribution in [3.63, 3.8) is 0 Å². The van der Waals surface area contributed by atoms with E-state index < -0.39 is 0 Å². The first-order valence-electron chi connectivity index (χ1n) is 6.37. The van der Waals surface area contributed by atoms with Gasteiger partial charge in [0.25, 0.3) is 0 Å². The van der Waals surface area contributed by atoms with E-state index in [2.05, 4.69) is 23.9 Å². The lowest BCUT2D eigenvalue weighted by atomic mass is 10.1. The molecule has 3 rings (SSSR count). The average molecular weight is 290 g/mol. The summed E-state index contributed by atoms with van der Waals surface area (Å²) in [7, 11) is 0. The fraction of sp³-hybridized carbons (Fsp3) is 0.200. The summed E-state index contributed by atoms with van der Waals surface area (Å²) in [5.41, 5.74) is 2.62. The highest BCUT2D eigenvalue weighted by atomic mass is 35.5. The number of nitrogens with zero attached hydrogens (tertiary/aromatic N) is 3. The van der Waals surface area contributed by atoms with E-state index in [1.165, 1.54) is 6.07 Å². The monoisotopic (exact) mass is 289 g/mol. The van der Waals surface area contributed by atoms with Crippen molar-refractivity contribution in [3.05, 3.63) is 53.1 Å². The van der Waals surface area contributed by atoms with Crippen LogP contribution in [0.4, 0.5) is 4.39 Å². The first-order valence-corrected chi connectivity index (χ1v) is 6.75. The molecule has 1 aromatic carbocycles. The number of halogens is 2. The van der Waals surface area contributed by atoms with Gasteiger partial charge in [0.05, 0.1) is 11.9 Å². The molecule has 20 heavy (non-hydrogen) atoms. The Balaban J connectivity index is 2.28. The molecule has 0 bridgehead atoms. The van der Waals surface area contributed by atoms with Gasteiger partial charge in [-0.1, -0.05) is 37.6 Å². The van der Waals surface area contributed by atoms with Crippen molar-refractivity contribution in [2.75, 3.05) is 0 Å². The number of hydrogen-bond acceptors (Lipinski definition) is 2. The van der Waals surface area contributed by atoms with Crippen LogP contribution in [0.15, 0.2) is 36.5 Å². The molecule has 102 valence electrons. The van der Waals surface area contributed by atoms with Gasteiger partial charge in [-0.15, -0.1) is 0 Å². The molecule has 0 aliphatic carbocycles. The van der Waals surface area contributed by atoms with Crippen LogP contribution in [0, 0.1) is 5.82 Å². The van der Waals surface area contributed by atoms with Gasteiger partial charge < -0.3 is 0 Å². The summed E-state index contributed by atoms with van der Waals surface area (Å²) in [4.78, 5) is 4.52. The minimum atomic E-state index is -0.314. The minimum Gasteiger partial charge on any atom is -0.228 e. The van der Waals surface area contributed by atoms with Gasteiger partial charge in [-0.05, 0) is 18.1 Å². The van der Waals surface area contributed by atoms with Gasteiger partial charge in [0, 0.05) is 17.2 Å². The maximum absolute atomic E-state index is 13.9. The maximum atomic E-state index is 13.9. The van der Waals surface area contributed by atoms with E-state index in [4.69, 9.17) is 11.6 Å². The third-order valence-corrected chi connectivity index (χ3v) is 3.50. The van der Waals surface area contributed by atoms with E-state index in [0.717, 1.165) is 5.56 Å². The zero-order valence-electron chi connectivity index (χ0n) is 11.1. The maximum Gasteiger partial charge on any atom is 0.160 e. The number of benzene rings is 1. The fourth-order valence-corrected chi connectivity index (χ4v) is 2.38. The van der Waals surface area contributed by atoms with Crippen LogP contribution in [0.1, 0.15) is 25.3 Å². The first kappa shape index (κ1) is 13.1. The summed E-state index contributed by atoms with van der Waals surface area (Å²) in [6.07, 6.45) is 1.75. The normalized spacial score (nSPS) is 11.4.